The fourth-order valence-electron chi connectivity index (χ4n) is 1.14. The van der Waals surface area contributed by atoms with Gasteiger partial charge in [0.1, 0.15) is 6.61 Å². The van der Waals surface area contributed by atoms with Crippen molar-refractivity contribution in [2.24, 2.45) is 5.73 Å². The minimum atomic E-state index is -3.84. The molecule has 0 saturated heterocycles. The Morgan fingerprint density at radius 3 is 2.71 bits per heavy atom. The Bertz CT molecular complexity index is 530. The lowest BCUT2D eigenvalue weighted by molar-refractivity contribution is -0.123. The van der Waals surface area contributed by atoms with Gasteiger partial charge in [-0.3, -0.25) is 9.63 Å². The molecule has 0 bridgehead atoms. The Kier molecular flexibility index (Phi) is 4.47. The smallest absolute Gasteiger partial charge is 0.262 e. The van der Waals surface area contributed by atoms with Crippen molar-refractivity contribution in [3.63, 3.8) is 0 Å². The number of carbonyl (C=O) groups is 1. The Balaban J connectivity index is 2.86. The summed E-state index contributed by atoms with van der Waals surface area (Å²) < 4.78 is 23.4. The summed E-state index contributed by atoms with van der Waals surface area (Å²) in [6.45, 7) is 1.06. The maximum atomic E-state index is 11.7. The standard InChI is InChI=1S/C9H11ClN2O4S/c1-6-4-7(10)2-3-8(6)17(14,15)12-16-5-9(11)13/h2-4,12H,5H2,1H3,(H2,11,13). The molecule has 8 heteroatoms. The van der Waals surface area contributed by atoms with E-state index < -0.39 is 22.5 Å². The molecule has 1 rings (SSSR count). The first-order valence-electron chi connectivity index (χ1n) is 4.51. The van der Waals surface area contributed by atoms with Crippen LogP contribution in [-0.2, 0) is 19.7 Å². The molecule has 1 aromatic rings. The van der Waals surface area contributed by atoms with E-state index in [1.165, 1.54) is 18.2 Å². The van der Waals surface area contributed by atoms with E-state index in [0.717, 1.165) is 0 Å². The third-order valence-electron chi connectivity index (χ3n) is 1.81. The van der Waals surface area contributed by atoms with Gasteiger partial charge in [0, 0.05) is 5.02 Å². The topological polar surface area (TPSA) is 98.5 Å². The lowest BCUT2D eigenvalue weighted by atomic mass is 10.2. The summed E-state index contributed by atoms with van der Waals surface area (Å²) >= 11 is 5.71. The molecule has 0 aromatic heterocycles. The van der Waals surface area contributed by atoms with E-state index in [9.17, 15) is 13.2 Å². The van der Waals surface area contributed by atoms with Crippen LogP contribution in [0.5, 0.6) is 0 Å². The third-order valence-corrected chi connectivity index (χ3v) is 3.42. The zero-order valence-electron chi connectivity index (χ0n) is 8.94. The Morgan fingerprint density at radius 1 is 1.53 bits per heavy atom. The zero-order chi connectivity index (χ0) is 13.1. The monoisotopic (exact) mass is 278 g/mol. The van der Waals surface area contributed by atoms with E-state index >= 15 is 0 Å². The minimum Gasteiger partial charge on any atom is -0.368 e. The summed E-state index contributed by atoms with van der Waals surface area (Å²) in [6.07, 6.45) is 0. The van der Waals surface area contributed by atoms with Gasteiger partial charge in [-0.25, -0.2) is 8.42 Å². The number of nitrogens with two attached hydrogens (primary N) is 1. The lowest BCUT2D eigenvalue weighted by Crippen LogP contribution is -2.29. The van der Waals surface area contributed by atoms with E-state index in [2.05, 4.69) is 4.84 Å². The van der Waals surface area contributed by atoms with Crippen LogP contribution in [0.2, 0.25) is 5.02 Å². The number of halogens is 1. The number of carbonyl (C=O) groups excluding carboxylic acids is 1. The minimum absolute atomic E-state index is 0.0198. The van der Waals surface area contributed by atoms with E-state index in [-0.39, 0.29) is 4.90 Å². The molecule has 0 aliphatic carbocycles. The molecule has 0 spiro atoms. The number of hydrogen-bond acceptors (Lipinski definition) is 4. The number of benzene rings is 1. The molecule has 0 aliphatic heterocycles. The summed E-state index contributed by atoms with van der Waals surface area (Å²) in [5.41, 5.74) is 5.26. The second kappa shape index (κ2) is 5.46. The molecule has 0 fully saturated rings. The van der Waals surface area contributed by atoms with Crippen LogP contribution in [0.3, 0.4) is 0 Å². The molecular formula is C9H11ClN2O4S. The highest BCUT2D eigenvalue weighted by Crippen LogP contribution is 2.19. The Labute approximate surface area is 104 Å². The van der Waals surface area contributed by atoms with Crippen molar-refractivity contribution in [2.75, 3.05) is 6.61 Å². The Hall–Kier alpha value is -1.15. The van der Waals surface area contributed by atoms with Gasteiger partial charge in [-0.05, 0) is 30.7 Å². The molecule has 6 nitrogen and oxygen atoms in total. The lowest BCUT2D eigenvalue weighted by Gasteiger charge is -2.08. The van der Waals surface area contributed by atoms with Crippen LogP contribution in [0.4, 0.5) is 0 Å². The van der Waals surface area contributed by atoms with Gasteiger partial charge in [0.05, 0.1) is 4.90 Å². The maximum Gasteiger partial charge on any atom is 0.262 e. The van der Waals surface area contributed by atoms with Crippen LogP contribution in [0, 0.1) is 6.92 Å². The van der Waals surface area contributed by atoms with Crippen molar-refractivity contribution in [3.8, 4) is 0 Å². The SMILES string of the molecule is Cc1cc(Cl)ccc1S(=O)(=O)NOCC(N)=O. The molecule has 17 heavy (non-hydrogen) atoms. The predicted molar refractivity (Wildman–Crippen MR) is 61.7 cm³/mol. The Morgan fingerprint density at radius 2 is 2.18 bits per heavy atom. The summed E-state index contributed by atoms with van der Waals surface area (Å²) in [4.78, 5) is 16.6. The summed E-state index contributed by atoms with van der Waals surface area (Å²) in [5.74, 6) is -0.777. The third kappa shape index (κ3) is 3.97. The first-order chi connectivity index (χ1) is 7.83. The molecule has 1 amide bonds. The average molecular weight is 279 g/mol. The summed E-state index contributed by atoms with van der Waals surface area (Å²) in [7, 11) is -3.84. The largest absolute Gasteiger partial charge is 0.368 e. The number of sulfonamides is 1. The molecule has 94 valence electrons. The van der Waals surface area contributed by atoms with Crippen molar-refractivity contribution in [1.29, 1.82) is 0 Å². The second-order valence-corrected chi connectivity index (χ2v) is 5.30. The number of aryl methyl sites for hydroxylation is 1. The first kappa shape index (κ1) is 13.9. The molecule has 3 N–H and O–H groups in total. The van der Waals surface area contributed by atoms with Crippen molar-refractivity contribution >= 4 is 27.5 Å². The molecule has 0 unspecified atom stereocenters. The zero-order valence-corrected chi connectivity index (χ0v) is 10.5. The van der Waals surface area contributed by atoms with Gasteiger partial charge in [0.2, 0.25) is 5.91 Å². The van der Waals surface area contributed by atoms with Gasteiger partial charge >= 0.3 is 0 Å². The van der Waals surface area contributed by atoms with Crippen LogP contribution >= 0.6 is 11.6 Å². The molecule has 0 aliphatic rings. The van der Waals surface area contributed by atoms with Gasteiger partial charge in [-0.2, -0.15) is 0 Å². The fourth-order valence-corrected chi connectivity index (χ4v) is 2.40. The molecule has 0 radical (unpaired) electrons. The van der Waals surface area contributed by atoms with E-state index in [1.54, 1.807) is 11.8 Å². The molecule has 0 saturated carbocycles. The van der Waals surface area contributed by atoms with Gasteiger partial charge in [-0.1, -0.05) is 16.5 Å². The van der Waals surface area contributed by atoms with Crippen LogP contribution in [0.15, 0.2) is 23.1 Å². The first-order valence-corrected chi connectivity index (χ1v) is 6.37. The van der Waals surface area contributed by atoms with Crippen molar-refractivity contribution < 1.29 is 18.0 Å². The molecule has 0 heterocycles. The van der Waals surface area contributed by atoms with E-state index in [4.69, 9.17) is 17.3 Å². The highest BCUT2D eigenvalue weighted by atomic mass is 35.5. The van der Waals surface area contributed by atoms with Crippen LogP contribution in [0.1, 0.15) is 5.56 Å². The van der Waals surface area contributed by atoms with E-state index in [0.29, 0.717) is 10.6 Å². The second-order valence-electron chi connectivity index (χ2n) is 3.25. The normalized spacial score (nSPS) is 11.4. The number of primary amides is 1. The van der Waals surface area contributed by atoms with Gasteiger partial charge in [0.15, 0.2) is 0 Å². The number of nitrogens with one attached hydrogen (secondary N) is 1. The number of hydrogen-bond donors (Lipinski definition) is 2. The van der Waals surface area contributed by atoms with Gasteiger partial charge in [-0.15, -0.1) is 0 Å². The van der Waals surface area contributed by atoms with Crippen LogP contribution in [-0.4, -0.2) is 20.9 Å². The van der Waals surface area contributed by atoms with E-state index in [1.807, 2.05) is 0 Å². The molecule has 1 aromatic carbocycles. The predicted octanol–water partition coefficient (Wildman–Crippen LogP) is 0.344. The van der Waals surface area contributed by atoms with Crippen LogP contribution < -0.4 is 10.6 Å². The number of amides is 1. The van der Waals surface area contributed by atoms with Crippen molar-refractivity contribution in [3.05, 3.63) is 28.8 Å². The quantitative estimate of drug-likeness (QED) is 0.759. The highest BCUT2D eigenvalue weighted by molar-refractivity contribution is 7.89. The van der Waals surface area contributed by atoms with Gasteiger partial charge in [0.25, 0.3) is 10.0 Å². The summed E-state index contributed by atoms with van der Waals surface area (Å²) in [6, 6.07) is 4.29. The maximum absolute atomic E-state index is 11.7. The molecular weight excluding hydrogens is 268 g/mol. The summed E-state index contributed by atoms with van der Waals surface area (Å²) in [5, 5.41) is 0.430. The van der Waals surface area contributed by atoms with Crippen molar-refractivity contribution in [1.82, 2.24) is 4.89 Å². The number of rotatable bonds is 5. The average Bonchev–Trinajstić information content (AvgIpc) is 2.15. The molecule has 0 atom stereocenters. The van der Waals surface area contributed by atoms with Crippen molar-refractivity contribution in [2.45, 2.75) is 11.8 Å². The fraction of sp³-hybridized carbons (Fsp3) is 0.222. The van der Waals surface area contributed by atoms with Gasteiger partial charge < -0.3 is 5.73 Å². The highest BCUT2D eigenvalue weighted by Gasteiger charge is 2.17. The van der Waals surface area contributed by atoms with Crippen LogP contribution in [0.25, 0.3) is 0 Å².